The number of alkyl halides is 3. The molecule has 0 bridgehead atoms. The van der Waals surface area contributed by atoms with E-state index in [0.29, 0.717) is 23.0 Å². The predicted octanol–water partition coefficient (Wildman–Crippen LogP) is 6.13. The molecule has 1 aliphatic rings. The Morgan fingerprint density at radius 1 is 1.15 bits per heavy atom. The third-order valence-electron chi connectivity index (χ3n) is 5.51. The maximum absolute atomic E-state index is 15.3. The van der Waals surface area contributed by atoms with Crippen LogP contribution in [0, 0.1) is 18.2 Å². The maximum atomic E-state index is 15.3. The Bertz CT molecular complexity index is 1220. The summed E-state index contributed by atoms with van der Waals surface area (Å²) in [5.41, 5.74) is 0.249. The van der Waals surface area contributed by atoms with Gasteiger partial charge < -0.3 is 4.57 Å². The molecule has 2 heterocycles. The van der Waals surface area contributed by atoms with Gasteiger partial charge in [0.05, 0.1) is 11.0 Å². The van der Waals surface area contributed by atoms with E-state index < -0.39 is 28.7 Å². The summed E-state index contributed by atoms with van der Waals surface area (Å²) in [4.78, 5) is 3.56. The van der Waals surface area contributed by atoms with Crippen molar-refractivity contribution in [3.05, 3.63) is 53.2 Å². The van der Waals surface area contributed by atoms with Gasteiger partial charge in [0.2, 0.25) is 0 Å². The summed E-state index contributed by atoms with van der Waals surface area (Å²) in [7, 11) is -1.16. The van der Waals surface area contributed by atoms with Gasteiger partial charge in [-0.2, -0.15) is 13.2 Å². The number of fused-ring (bicyclic) bond motifs is 1. The van der Waals surface area contributed by atoms with Crippen molar-refractivity contribution in [1.29, 1.82) is 0 Å². The molecule has 0 aliphatic heterocycles. The van der Waals surface area contributed by atoms with Crippen LogP contribution in [-0.2, 0) is 30.3 Å². The molecule has 4 rings (SSSR count). The molecule has 33 heavy (non-hydrogen) atoms. The topological polar surface area (TPSA) is 46.9 Å². The first-order valence-electron chi connectivity index (χ1n) is 10.8. The Hall–Kier alpha value is -2.26. The van der Waals surface area contributed by atoms with Gasteiger partial charge in [0.1, 0.15) is 5.82 Å². The normalized spacial score (nSPS) is 15.9. The summed E-state index contributed by atoms with van der Waals surface area (Å²) in [6.07, 6.45) is 0.148. The first kappa shape index (κ1) is 23.9. The van der Waals surface area contributed by atoms with Gasteiger partial charge in [-0.1, -0.05) is 20.8 Å². The van der Waals surface area contributed by atoms with E-state index in [9.17, 15) is 17.4 Å². The molecule has 0 saturated heterocycles. The summed E-state index contributed by atoms with van der Waals surface area (Å²) in [5, 5.41) is 0.751. The summed E-state index contributed by atoms with van der Waals surface area (Å²) < 4.78 is 73.4. The predicted molar refractivity (Wildman–Crippen MR) is 122 cm³/mol. The molecule has 0 amide bonds. The molecule has 3 aromatic rings. The zero-order valence-electron chi connectivity index (χ0n) is 19.0. The highest BCUT2D eigenvalue weighted by atomic mass is 32.2. The standard InChI is InChI=1S/C24H27F4N3OS/c1-14-7-19(22(29-10-14)24(26,27)28)18-9-21-17(8-20(18)25)15(11-30-33(32)16-5-6-16)12-31(21)13-23(2,3)4/h7-10,12,16,30H,5-6,11,13H2,1-4H3. The van der Waals surface area contributed by atoms with Crippen LogP contribution in [0.2, 0.25) is 0 Å². The number of hydrogen-bond donors (Lipinski definition) is 1. The number of hydrogen-bond acceptors (Lipinski definition) is 2. The van der Waals surface area contributed by atoms with Gasteiger partial charge in [0, 0.05) is 52.8 Å². The highest BCUT2D eigenvalue weighted by molar-refractivity contribution is 7.83. The van der Waals surface area contributed by atoms with E-state index in [1.54, 1.807) is 6.92 Å². The third kappa shape index (κ3) is 5.30. The van der Waals surface area contributed by atoms with E-state index in [1.165, 1.54) is 18.2 Å². The number of benzene rings is 1. The van der Waals surface area contributed by atoms with Crippen LogP contribution in [0.25, 0.3) is 22.0 Å². The summed E-state index contributed by atoms with van der Waals surface area (Å²) in [6.45, 7) is 8.65. The summed E-state index contributed by atoms with van der Waals surface area (Å²) in [6, 6.07) is 4.07. The smallest absolute Gasteiger partial charge is 0.347 e. The monoisotopic (exact) mass is 481 g/mol. The third-order valence-corrected chi connectivity index (χ3v) is 7.02. The number of aryl methyl sites for hydroxylation is 1. The lowest BCUT2D eigenvalue weighted by atomic mass is 9.96. The van der Waals surface area contributed by atoms with Crippen molar-refractivity contribution in [2.45, 2.75) is 65.1 Å². The van der Waals surface area contributed by atoms with Gasteiger partial charge in [0.25, 0.3) is 0 Å². The number of rotatable bonds is 6. The highest BCUT2D eigenvalue weighted by Gasteiger charge is 2.36. The molecule has 0 radical (unpaired) electrons. The first-order valence-corrected chi connectivity index (χ1v) is 12.0. The molecule has 1 unspecified atom stereocenters. The molecule has 1 aromatic carbocycles. The lowest BCUT2D eigenvalue weighted by Gasteiger charge is -2.20. The molecule has 1 saturated carbocycles. The molecule has 2 aromatic heterocycles. The van der Waals surface area contributed by atoms with Crippen LogP contribution in [0.3, 0.4) is 0 Å². The van der Waals surface area contributed by atoms with E-state index in [2.05, 4.69) is 30.5 Å². The second-order valence-corrected chi connectivity index (χ2v) is 11.5. The van der Waals surface area contributed by atoms with Crippen molar-refractivity contribution in [3.8, 4) is 11.1 Å². The highest BCUT2D eigenvalue weighted by Crippen LogP contribution is 2.39. The molecule has 9 heteroatoms. The maximum Gasteiger partial charge on any atom is 0.433 e. The van der Waals surface area contributed by atoms with Crippen LogP contribution < -0.4 is 4.72 Å². The van der Waals surface area contributed by atoms with Crippen molar-refractivity contribution in [2.75, 3.05) is 0 Å². The van der Waals surface area contributed by atoms with Gasteiger partial charge in [-0.15, -0.1) is 0 Å². The Morgan fingerprint density at radius 3 is 2.45 bits per heavy atom. The Kier molecular flexibility index (Phi) is 6.16. The number of nitrogens with zero attached hydrogens (tertiary/aromatic N) is 2. The fraction of sp³-hybridized carbons (Fsp3) is 0.458. The van der Waals surface area contributed by atoms with Crippen molar-refractivity contribution in [1.82, 2.24) is 14.3 Å². The first-order chi connectivity index (χ1) is 15.3. The second-order valence-electron chi connectivity index (χ2n) is 9.92. The van der Waals surface area contributed by atoms with E-state index >= 15 is 4.39 Å². The molecule has 1 fully saturated rings. The molecule has 178 valence electrons. The zero-order valence-corrected chi connectivity index (χ0v) is 19.8. The molecule has 0 spiro atoms. The molecular weight excluding hydrogens is 454 g/mol. The van der Waals surface area contributed by atoms with Crippen molar-refractivity contribution >= 4 is 21.9 Å². The number of nitrogens with one attached hydrogen (secondary N) is 1. The van der Waals surface area contributed by atoms with Gasteiger partial charge in [0.15, 0.2) is 5.69 Å². The number of pyridine rings is 1. The second kappa shape index (κ2) is 8.51. The molecule has 1 aliphatic carbocycles. The van der Waals surface area contributed by atoms with E-state index in [0.717, 1.165) is 24.6 Å². The quantitative estimate of drug-likeness (QED) is 0.431. The Balaban J connectivity index is 1.85. The molecule has 4 nitrogen and oxygen atoms in total. The van der Waals surface area contributed by atoms with E-state index in [4.69, 9.17) is 0 Å². The summed E-state index contributed by atoms with van der Waals surface area (Å²) >= 11 is 0. The Morgan fingerprint density at radius 2 is 1.85 bits per heavy atom. The molecular formula is C24H27F4N3OS. The van der Waals surface area contributed by atoms with Crippen LogP contribution in [0.4, 0.5) is 17.6 Å². The van der Waals surface area contributed by atoms with Gasteiger partial charge in [-0.3, -0.25) is 4.98 Å². The van der Waals surface area contributed by atoms with Crippen molar-refractivity contribution in [3.63, 3.8) is 0 Å². The lowest BCUT2D eigenvalue weighted by molar-refractivity contribution is -0.140. The number of aromatic nitrogens is 2. The van der Waals surface area contributed by atoms with Crippen LogP contribution in [0.15, 0.2) is 30.6 Å². The fourth-order valence-electron chi connectivity index (χ4n) is 3.92. The average molecular weight is 482 g/mol. The van der Waals surface area contributed by atoms with Crippen LogP contribution in [-0.4, -0.2) is 19.0 Å². The van der Waals surface area contributed by atoms with Crippen LogP contribution in [0.1, 0.15) is 50.4 Å². The lowest BCUT2D eigenvalue weighted by Crippen LogP contribution is -2.19. The van der Waals surface area contributed by atoms with Crippen LogP contribution >= 0.6 is 0 Å². The molecule has 1 N–H and O–H groups in total. The minimum atomic E-state index is -4.71. The van der Waals surface area contributed by atoms with Gasteiger partial charge >= 0.3 is 6.18 Å². The van der Waals surface area contributed by atoms with Gasteiger partial charge in [-0.25, -0.2) is 13.3 Å². The van der Waals surface area contributed by atoms with Crippen molar-refractivity contribution in [2.24, 2.45) is 5.41 Å². The SMILES string of the molecule is Cc1cnc(C(F)(F)F)c(-c2cc3c(cc2F)c(CNS(=O)C2CC2)cn3CC(C)(C)C)c1. The molecule has 1 atom stereocenters. The van der Waals surface area contributed by atoms with Gasteiger partial charge in [-0.05, 0) is 54.5 Å². The number of halogens is 4. The largest absolute Gasteiger partial charge is 0.433 e. The zero-order chi connectivity index (χ0) is 24.1. The minimum Gasteiger partial charge on any atom is -0.347 e. The van der Waals surface area contributed by atoms with E-state index in [-0.39, 0.29) is 28.3 Å². The summed E-state index contributed by atoms with van der Waals surface area (Å²) in [5.74, 6) is -0.751. The average Bonchev–Trinajstić information content (AvgIpc) is 3.49. The van der Waals surface area contributed by atoms with Crippen LogP contribution in [0.5, 0.6) is 0 Å². The van der Waals surface area contributed by atoms with Crippen molar-refractivity contribution < 1.29 is 21.8 Å². The minimum absolute atomic E-state index is 0.121. The Labute approximate surface area is 193 Å². The van der Waals surface area contributed by atoms with E-state index in [1.807, 2.05) is 10.8 Å². The fourth-order valence-corrected chi connectivity index (χ4v) is 5.02.